The molecule has 156 valence electrons. The van der Waals surface area contributed by atoms with E-state index in [1.54, 1.807) is 17.0 Å². The van der Waals surface area contributed by atoms with E-state index in [9.17, 15) is 22.8 Å². The molecule has 2 aromatic rings. The first-order chi connectivity index (χ1) is 13.8. The average molecular weight is 447 g/mol. The number of halogens is 4. The Bertz CT molecular complexity index is 876. The van der Waals surface area contributed by atoms with Crippen molar-refractivity contribution < 1.29 is 22.8 Å². The van der Waals surface area contributed by atoms with Crippen LogP contribution in [0.4, 0.5) is 19.0 Å². The Balaban J connectivity index is 1.49. The van der Waals surface area contributed by atoms with Gasteiger partial charge in [-0.25, -0.2) is 4.98 Å². The van der Waals surface area contributed by atoms with Crippen LogP contribution in [-0.4, -0.2) is 47.4 Å². The molecule has 1 saturated heterocycles. The fraction of sp³-hybridized carbons (Fsp3) is 0.389. The van der Waals surface area contributed by atoms with E-state index < -0.39 is 17.8 Å². The zero-order valence-electron chi connectivity index (χ0n) is 15.1. The van der Waals surface area contributed by atoms with Crippen LogP contribution < -0.4 is 10.6 Å². The molecule has 1 atom stereocenters. The van der Waals surface area contributed by atoms with Gasteiger partial charge in [0.25, 0.3) is 5.91 Å². The minimum atomic E-state index is -4.52. The molecule has 2 N–H and O–H groups in total. The number of hydrogen-bond donors (Lipinski definition) is 2. The number of rotatable bonds is 6. The smallest absolute Gasteiger partial charge is 0.367 e. The number of carbonyl (C=O) groups is 2. The van der Waals surface area contributed by atoms with Gasteiger partial charge in [-0.05, 0) is 30.4 Å². The summed E-state index contributed by atoms with van der Waals surface area (Å²) >= 11 is 7.16. The molecular formula is C18H18ClF3N4O2S. The van der Waals surface area contributed by atoms with E-state index in [4.69, 9.17) is 11.6 Å². The van der Waals surface area contributed by atoms with Gasteiger partial charge in [0.05, 0.1) is 15.5 Å². The summed E-state index contributed by atoms with van der Waals surface area (Å²) in [5.41, 5.74) is -0.932. The number of nitrogens with one attached hydrogen (secondary N) is 2. The van der Waals surface area contributed by atoms with Gasteiger partial charge in [0, 0.05) is 25.8 Å². The summed E-state index contributed by atoms with van der Waals surface area (Å²) in [5, 5.41) is 7.18. The van der Waals surface area contributed by atoms with Crippen LogP contribution in [0.15, 0.2) is 29.8 Å². The summed E-state index contributed by atoms with van der Waals surface area (Å²) in [6.45, 7) is 0.947. The van der Waals surface area contributed by atoms with Crippen LogP contribution in [0.3, 0.4) is 0 Å². The predicted octanol–water partition coefficient (Wildman–Crippen LogP) is 3.65. The van der Waals surface area contributed by atoms with Gasteiger partial charge in [0.2, 0.25) is 5.91 Å². The number of pyridine rings is 1. The highest BCUT2D eigenvalue weighted by Gasteiger charge is 2.34. The molecule has 6 nitrogen and oxygen atoms in total. The minimum Gasteiger partial charge on any atom is -0.367 e. The summed E-state index contributed by atoms with van der Waals surface area (Å²) in [6.07, 6.45) is -2.49. The molecule has 1 aliphatic rings. The number of nitrogens with zero attached hydrogens (tertiary/aromatic N) is 2. The van der Waals surface area contributed by atoms with Crippen LogP contribution >= 0.6 is 22.9 Å². The van der Waals surface area contributed by atoms with E-state index in [0.29, 0.717) is 24.0 Å². The monoisotopic (exact) mass is 446 g/mol. The molecule has 0 aromatic carbocycles. The molecule has 0 spiro atoms. The van der Waals surface area contributed by atoms with Gasteiger partial charge >= 0.3 is 6.18 Å². The molecule has 2 aromatic heterocycles. The lowest BCUT2D eigenvalue weighted by atomic mass is 10.2. The van der Waals surface area contributed by atoms with Crippen molar-refractivity contribution in [2.24, 2.45) is 0 Å². The number of amides is 2. The standard InChI is InChI=1S/C18H18ClF3N4O2S/c19-12-9-11(18(20,21)22)10-25-15(12)23-5-6-24-16(27)13-3-1-7-26(13)17(28)14-4-2-8-29-14/h2,4,8-10,13H,1,3,5-7H2,(H,23,25)(H,24,27)/t13-/m1/s1. The van der Waals surface area contributed by atoms with Crippen molar-refractivity contribution in [3.8, 4) is 0 Å². The highest BCUT2D eigenvalue weighted by molar-refractivity contribution is 7.12. The Hall–Kier alpha value is -2.33. The number of carbonyl (C=O) groups excluding carboxylic acids is 2. The molecule has 11 heteroatoms. The fourth-order valence-electron chi connectivity index (χ4n) is 3.03. The van der Waals surface area contributed by atoms with Crippen LogP contribution in [0.25, 0.3) is 0 Å². The SMILES string of the molecule is O=C(NCCNc1ncc(C(F)(F)F)cc1Cl)[C@H]1CCCN1C(=O)c1cccs1. The topological polar surface area (TPSA) is 74.3 Å². The third kappa shape index (κ3) is 5.18. The summed E-state index contributed by atoms with van der Waals surface area (Å²) in [4.78, 5) is 30.8. The lowest BCUT2D eigenvalue weighted by molar-refractivity contribution is -0.137. The zero-order chi connectivity index (χ0) is 21.0. The maximum atomic E-state index is 12.6. The van der Waals surface area contributed by atoms with E-state index in [1.165, 1.54) is 11.3 Å². The van der Waals surface area contributed by atoms with Gasteiger partial charge in [-0.1, -0.05) is 17.7 Å². The summed E-state index contributed by atoms with van der Waals surface area (Å²) in [7, 11) is 0. The van der Waals surface area contributed by atoms with Crippen LogP contribution in [0.2, 0.25) is 5.02 Å². The van der Waals surface area contributed by atoms with Crippen molar-refractivity contribution in [3.05, 3.63) is 45.2 Å². The lowest BCUT2D eigenvalue weighted by Gasteiger charge is -2.23. The van der Waals surface area contributed by atoms with Crippen molar-refractivity contribution in [2.45, 2.75) is 25.1 Å². The Morgan fingerprint density at radius 1 is 1.34 bits per heavy atom. The first kappa shape index (κ1) is 21.4. The van der Waals surface area contributed by atoms with Crippen LogP contribution in [0.5, 0.6) is 0 Å². The number of anilines is 1. The van der Waals surface area contributed by atoms with Crippen molar-refractivity contribution in [3.63, 3.8) is 0 Å². The number of thiophene rings is 1. The van der Waals surface area contributed by atoms with Gasteiger partial charge in [-0.3, -0.25) is 9.59 Å². The zero-order valence-corrected chi connectivity index (χ0v) is 16.7. The lowest BCUT2D eigenvalue weighted by Crippen LogP contribution is -2.46. The maximum Gasteiger partial charge on any atom is 0.417 e. The van der Waals surface area contributed by atoms with E-state index in [0.717, 1.165) is 12.5 Å². The highest BCUT2D eigenvalue weighted by atomic mass is 35.5. The molecular weight excluding hydrogens is 429 g/mol. The van der Waals surface area contributed by atoms with Crippen LogP contribution in [0.1, 0.15) is 28.1 Å². The van der Waals surface area contributed by atoms with Crippen molar-refractivity contribution >= 4 is 40.6 Å². The largest absolute Gasteiger partial charge is 0.417 e. The third-order valence-corrected chi connectivity index (χ3v) is 5.58. The fourth-order valence-corrected chi connectivity index (χ4v) is 3.94. The van der Waals surface area contributed by atoms with Gasteiger partial charge in [-0.15, -0.1) is 11.3 Å². The maximum absolute atomic E-state index is 12.6. The Labute approximate surface area is 174 Å². The summed E-state index contributed by atoms with van der Waals surface area (Å²) < 4.78 is 37.9. The molecule has 0 unspecified atom stereocenters. The molecule has 1 aliphatic heterocycles. The van der Waals surface area contributed by atoms with Crippen molar-refractivity contribution in [1.29, 1.82) is 0 Å². The molecule has 3 rings (SSSR count). The normalized spacial score (nSPS) is 16.7. The molecule has 1 fully saturated rings. The van der Waals surface area contributed by atoms with E-state index in [2.05, 4.69) is 15.6 Å². The Morgan fingerprint density at radius 3 is 2.79 bits per heavy atom. The number of likely N-dealkylation sites (tertiary alicyclic amines) is 1. The second kappa shape index (κ2) is 9.00. The molecule has 3 heterocycles. The van der Waals surface area contributed by atoms with E-state index in [1.807, 2.05) is 5.38 Å². The molecule has 0 radical (unpaired) electrons. The highest BCUT2D eigenvalue weighted by Crippen LogP contribution is 2.32. The number of aromatic nitrogens is 1. The van der Waals surface area contributed by atoms with Crippen LogP contribution in [0, 0.1) is 0 Å². The average Bonchev–Trinajstić information content (AvgIpc) is 3.36. The van der Waals surface area contributed by atoms with Crippen molar-refractivity contribution in [1.82, 2.24) is 15.2 Å². The van der Waals surface area contributed by atoms with Crippen molar-refractivity contribution in [2.75, 3.05) is 25.0 Å². The van der Waals surface area contributed by atoms with E-state index >= 15 is 0 Å². The summed E-state index contributed by atoms with van der Waals surface area (Å²) in [6, 6.07) is 3.78. The summed E-state index contributed by atoms with van der Waals surface area (Å²) in [5.74, 6) is -0.318. The Kier molecular flexibility index (Phi) is 6.63. The Morgan fingerprint density at radius 2 is 2.14 bits per heavy atom. The molecule has 0 bridgehead atoms. The molecule has 2 amide bonds. The second-order valence-corrected chi connectivity index (χ2v) is 7.76. The molecule has 29 heavy (non-hydrogen) atoms. The third-order valence-electron chi connectivity index (χ3n) is 4.43. The van der Waals surface area contributed by atoms with Gasteiger partial charge in [-0.2, -0.15) is 13.2 Å². The first-order valence-electron chi connectivity index (χ1n) is 8.86. The predicted molar refractivity (Wildman–Crippen MR) is 104 cm³/mol. The number of alkyl halides is 3. The van der Waals surface area contributed by atoms with Gasteiger partial charge in [0.1, 0.15) is 11.9 Å². The minimum absolute atomic E-state index is 0.101. The molecule has 0 saturated carbocycles. The van der Waals surface area contributed by atoms with Gasteiger partial charge in [0.15, 0.2) is 0 Å². The first-order valence-corrected chi connectivity index (χ1v) is 10.1. The molecule has 0 aliphatic carbocycles. The van der Waals surface area contributed by atoms with Gasteiger partial charge < -0.3 is 15.5 Å². The quantitative estimate of drug-likeness (QED) is 0.664. The van der Waals surface area contributed by atoms with E-state index in [-0.39, 0.29) is 35.7 Å². The second-order valence-electron chi connectivity index (χ2n) is 6.40. The van der Waals surface area contributed by atoms with Crippen LogP contribution in [-0.2, 0) is 11.0 Å². The number of hydrogen-bond acceptors (Lipinski definition) is 5.